The van der Waals surface area contributed by atoms with Gasteiger partial charge >= 0.3 is 0 Å². The molecule has 2 aromatic carbocycles. The smallest absolute Gasteiger partial charge is 0.238 e. The summed E-state index contributed by atoms with van der Waals surface area (Å²) in [6, 6.07) is 16.7. The highest BCUT2D eigenvalue weighted by atomic mass is 32.1. The highest BCUT2D eigenvalue weighted by molar-refractivity contribution is 7.09. The maximum absolute atomic E-state index is 12.6. The number of carbonyl (C=O) groups is 1. The number of aromatic nitrogens is 1. The number of likely N-dealkylation sites (N-methyl/N-ethyl adjacent to an activating group) is 1. The minimum absolute atomic E-state index is 0.00786. The lowest BCUT2D eigenvalue weighted by molar-refractivity contribution is -0.117. The Labute approximate surface area is 163 Å². The van der Waals surface area contributed by atoms with E-state index >= 15 is 0 Å². The van der Waals surface area contributed by atoms with Crippen LogP contribution in [0, 0.1) is 6.92 Å². The first-order valence-electron chi connectivity index (χ1n) is 9.20. The Kier molecular flexibility index (Phi) is 5.05. The molecule has 0 saturated heterocycles. The SMILES string of the molecule is Cc1nc(-c2cccc(NC(=O)CN(C)C3CCc4ccccc43)c2)cs1. The number of rotatable bonds is 5. The second-order valence-electron chi connectivity index (χ2n) is 7.05. The van der Waals surface area contributed by atoms with Crippen molar-refractivity contribution >= 4 is 22.9 Å². The maximum Gasteiger partial charge on any atom is 0.238 e. The summed E-state index contributed by atoms with van der Waals surface area (Å²) in [4.78, 5) is 19.2. The van der Waals surface area contributed by atoms with Crippen LogP contribution in [-0.2, 0) is 11.2 Å². The fourth-order valence-corrected chi connectivity index (χ4v) is 4.40. The monoisotopic (exact) mass is 377 g/mol. The van der Waals surface area contributed by atoms with Gasteiger partial charge in [0.25, 0.3) is 0 Å². The standard InChI is InChI=1S/C22H23N3OS/c1-15-23-20(14-27-15)17-7-5-8-18(12-17)24-22(26)13-25(2)21-11-10-16-6-3-4-9-19(16)21/h3-9,12,14,21H,10-11,13H2,1-2H3,(H,24,26). The van der Waals surface area contributed by atoms with Gasteiger partial charge in [0, 0.05) is 22.7 Å². The van der Waals surface area contributed by atoms with E-state index in [1.807, 2.05) is 43.6 Å². The molecule has 1 aliphatic rings. The molecule has 1 atom stereocenters. The number of carbonyl (C=O) groups excluding carboxylic acids is 1. The van der Waals surface area contributed by atoms with Crippen molar-refractivity contribution in [2.45, 2.75) is 25.8 Å². The molecule has 1 N–H and O–H groups in total. The molecule has 0 bridgehead atoms. The van der Waals surface area contributed by atoms with Crippen molar-refractivity contribution in [2.75, 3.05) is 18.9 Å². The molecular weight excluding hydrogens is 354 g/mol. The summed E-state index contributed by atoms with van der Waals surface area (Å²) in [7, 11) is 2.03. The highest BCUT2D eigenvalue weighted by Crippen LogP contribution is 2.34. The molecule has 0 spiro atoms. The molecule has 138 valence electrons. The largest absolute Gasteiger partial charge is 0.325 e. The predicted octanol–water partition coefficient (Wildman–Crippen LogP) is 4.68. The lowest BCUT2D eigenvalue weighted by atomic mass is 10.1. The molecule has 5 heteroatoms. The quantitative estimate of drug-likeness (QED) is 0.702. The van der Waals surface area contributed by atoms with Gasteiger partial charge in [-0.2, -0.15) is 0 Å². The summed E-state index contributed by atoms with van der Waals surface area (Å²) in [5.41, 5.74) is 5.54. The van der Waals surface area contributed by atoms with Crippen LogP contribution in [0.2, 0.25) is 0 Å². The van der Waals surface area contributed by atoms with E-state index in [-0.39, 0.29) is 5.91 Å². The van der Waals surface area contributed by atoms with Crippen LogP contribution in [0.3, 0.4) is 0 Å². The predicted molar refractivity (Wildman–Crippen MR) is 111 cm³/mol. The molecule has 0 fully saturated rings. The third-order valence-electron chi connectivity index (χ3n) is 5.09. The number of amides is 1. The molecule has 1 unspecified atom stereocenters. The van der Waals surface area contributed by atoms with E-state index in [4.69, 9.17) is 0 Å². The minimum atomic E-state index is 0.00786. The molecule has 27 heavy (non-hydrogen) atoms. The number of hydrogen-bond donors (Lipinski definition) is 1. The van der Waals surface area contributed by atoms with Crippen molar-refractivity contribution in [1.29, 1.82) is 0 Å². The van der Waals surface area contributed by atoms with Gasteiger partial charge in [-0.1, -0.05) is 36.4 Å². The second-order valence-corrected chi connectivity index (χ2v) is 8.11. The highest BCUT2D eigenvalue weighted by Gasteiger charge is 2.26. The van der Waals surface area contributed by atoms with Gasteiger partial charge in [-0.05, 0) is 50.1 Å². The first-order valence-corrected chi connectivity index (χ1v) is 10.1. The molecule has 0 aliphatic heterocycles. The second kappa shape index (κ2) is 7.62. The summed E-state index contributed by atoms with van der Waals surface area (Å²) >= 11 is 1.63. The van der Waals surface area contributed by atoms with Gasteiger partial charge in [-0.3, -0.25) is 9.69 Å². The normalized spacial score (nSPS) is 15.7. The number of thiazole rings is 1. The van der Waals surface area contributed by atoms with Gasteiger partial charge in [0.2, 0.25) is 5.91 Å². The Balaban J connectivity index is 1.41. The van der Waals surface area contributed by atoms with Crippen molar-refractivity contribution in [3.8, 4) is 11.3 Å². The Morgan fingerprint density at radius 3 is 2.93 bits per heavy atom. The van der Waals surface area contributed by atoms with Gasteiger partial charge in [-0.25, -0.2) is 4.98 Å². The van der Waals surface area contributed by atoms with Crippen LogP contribution in [0.15, 0.2) is 53.9 Å². The number of nitrogens with one attached hydrogen (secondary N) is 1. The molecule has 1 aromatic heterocycles. The number of hydrogen-bond acceptors (Lipinski definition) is 4. The van der Waals surface area contributed by atoms with Gasteiger partial charge in [-0.15, -0.1) is 11.3 Å². The summed E-state index contributed by atoms with van der Waals surface area (Å²) < 4.78 is 0. The van der Waals surface area contributed by atoms with Crippen LogP contribution in [0.25, 0.3) is 11.3 Å². The van der Waals surface area contributed by atoms with Crippen LogP contribution in [0.4, 0.5) is 5.69 Å². The molecule has 0 radical (unpaired) electrons. The number of anilines is 1. The van der Waals surface area contributed by atoms with Crippen molar-refractivity contribution in [3.63, 3.8) is 0 Å². The number of aryl methyl sites for hydroxylation is 2. The lowest BCUT2D eigenvalue weighted by Gasteiger charge is -2.24. The molecule has 1 amide bonds. The van der Waals surface area contributed by atoms with E-state index < -0.39 is 0 Å². The van der Waals surface area contributed by atoms with E-state index in [0.717, 1.165) is 34.8 Å². The van der Waals surface area contributed by atoms with Crippen LogP contribution in [0.5, 0.6) is 0 Å². The van der Waals surface area contributed by atoms with Crippen molar-refractivity contribution < 1.29 is 4.79 Å². The Hall–Kier alpha value is -2.50. The summed E-state index contributed by atoms with van der Waals surface area (Å²) in [6.07, 6.45) is 2.16. The Morgan fingerprint density at radius 1 is 1.26 bits per heavy atom. The van der Waals surface area contributed by atoms with E-state index in [9.17, 15) is 4.79 Å². The minimum Gasteiger partial charge on any atom is -0.325 e. The van der Waals surface area contributed by atoms with E-state index in [1.54, 1.807) is 11.3 Å². The summed E-state index contributed by atoms with van der Waals surface area (Å²) in [5, 5.41) is 6.12. The molecule has 4 rings (SSSR count). The summed E-state index contributed by atoms with van der Waals surface area (Å²) in [5.74, 6) is 0.00786. The first kappa shape index (κ1) is 17.9. The lowest BCUT2D eigenvalue weighted by Crippen LogP contribution is -2.32. The molecule has 1 heterocycles. The van der Waals surface area contributed by atoms with Gasteiger partial charge in [0.15, 0.2) is 0 Å². The Bertz CT molecular complexity index is 965. The third-order valence-corrected chi connectivity index (χ3v) is 5.86. The van der Waals surface area contributed by atoms with E-state index in [0.29, 0.717) is 12.6 Å². The van der Waals surface area contributed by atoms with E-state index in [2.05, 4.69) is 39.5 Å². The van der Waals surface area contributed by atoms with Crippen LogP contribution >= 0.6 is 11.3 Å². The third kappa shape index (κ3) is 3.94. The average molecular weight is 378 g/mol. The van der Waals surface area contributed by atoms with Gasteiger partial charge in [0.05, 0.1) is 17.2 Å². The fraction of sp³-hybridized carbons (Fsp3) is 0.273. The molecule has 4 nitrogen and oxygen atoms in total. The van der Waals surface area contributed by atoms with E-state index in [1.165, 1.54) is 11.1 Å². The molecule has 1 aliphatic carbocycles. The Morgan fingerprint density at radius 2 is 2.11 bits per heavy atom. The topological polar surface area (TPSA) is 45.2 Å². The molecule has 0 saturated carbocycles. The maximum atomic E-state index is 12.6. The molecule has 3 aromatic rings. The van der Waals surface area contributed by atoms with Gasteiger partial charge < -0.3 is 5.32 Å². The number of fused-ring (bicyclic) bond motifs is 1. The fourth-order valence-electron chi connectivity index (χ4n) is 3.78. The number of benzene rings is 2. The molecular formula is C22H23N3OS. The summed E-state index contributed by atoms with van der Waals surface area (Å²) in [6.45, 7) is 2.37. The zero-order chi connectivity index (χ0) is 18.8. The van der Waals surface area contributed by atoms with Crippen molar-refractivity contribution in [2.24, 2.45) is 0 Å². The van der Waals surface area contributed by atoms with Crippen molar-refractivity contribution in [3.05, 3.63) is 70.0 Å². The first-order chi connectivity index (χ1) is 13.1. The zero-order valence-electron chi connectivity index (χ0n) is 15.6. The zero-order valence-corrected chi connectivity index (χ0v) is 16.4. The van der Waals surface area contributed by atoms with Gasteiger partial charge in [0.1, 0.15) is 0 Å². The average Bonchev–Trinajstić information content (AvgIpc) is 3.28. The van der Waals surface area contributed by atoms with Crippen LogP contribution in [-0.4, -0.2) is 29.4 Å². The number of nitrogens with zero attached hydrogens (tertiary/aromatic N) is 2. The van der Waals surface area contributed by atoms with Crippen molar-refractivity contribution in [1.82, 2.24) is 9.88 Å². The van der Waals surface area contributed by atoms with Crippen LogP contribution < -0.4 is 5.32 Å². The van der Waals surface area contributed by atoms with Crippen LogP contribution in [0.1, 0.15) is 28.6 Å².